The third kappa shape index (κ3) is 3.73. The third-order valence-corrected chi connectivity index (χ3v) is 5.13. The minimum atomic E-state index is -0.0580. The van der Waals surface area contributed by atoms with E-state index in [-0.39, 0.29) is 12.7 Å². The van der Waals surface area contributed by atoms with Crippen LogP contribution in [0.3, 0.4) is 0 Å². The van der Waals surface area contributed by atoms with Crippen molar-refractivity contribution in [3.63, 3.8) is 0 Å². The number of aryl methyl sites for hydroxylation is 1. The van der Waals surface area contributed by atoms with Crippen LogP contribution < -0.4 is 14.2 Å². The molecule has 0 N–H and O–H groups in total. The number of methoxy groups -OCH3 is 2. The molecule has 29 heavy (non-hydrogen) atoms. The second kappa shape index (κ2) is 8.05. The maximum Gasteiger partial charge on any atom is 0.270 e. The molecule has 0 fully saturated rings. The molecule has 2 heterocycles. The van der Waals surface area contributed by atoms with E-state index in [0.717, 1.165) is 28.0 Å². The van der Waals surface area contributed by atoms with Crippen molar-refractivity contribution in [2.75, 3.05) is 34.2 Å². The van der Waals surface area contributed by atoms with Crippen LogP contribution in [0, 0.1) is 0 Å². The molecule has 7 heteroatoms. The van der Waals surface area contributed by atoms with Gasteiger partial charge in [-0.3, -0.25) is 4.79 Å². The van der Waals surface area contributed by atoms with Crippen molar-refractivity contribution in [2.45, 2.75) is 6.54 Å². The minimum absolute atomic E-state index is 0.0580. The molecule has 1 aromatic heterocycles. The molecular formula is C22H24N2O5. The van der Waals surface area contributed by atoms with Gasteiger partial charge in [0, 0.05) is 38.1 Å². The summed E-state index contributed by atoms with van der Waals surface area (Å²) in [7, 11) is 5.16. The number of carbonyl (C=O) groups excluding carboxylic acids is 1. The molecule has 0 saturated carbocycles. The maximum atomic E-state index is 13.4. The summed E-state index contributed by atoms with van der Waals surface area (Å²) in [6, 6.07) is 13.4. The maximum absolute atomic E-state index is 13.4. The van der Waals surface area contributed by atoms with Crippen LogP contribution in [0.4, 0.5) is 0 Å². The minimum Gasteiger partial charge on any atom is -0.497 e. The molecule has 0 radical (unpaired) electrons. The van der Waals surface area contributed by atoms with Crippen molar-refractivity contribution in [2.24, 2.45) is 7.05 Å². The number of fused-ring (bicyclic) bond motifs is 2. The van der Waals surface area contributed by atoms with E-state index in [1.165, 1.54) is 0 Å². The lowest BCUT2D eigenvalue weighted by atomic mass is 10.1. The molecule has 0 unspecified atom stereocenters. The monoisotopic (exact) mass is 396 g/mol. The smallest absolute Gasteiger partial charge is 0.270 e. The van der Waals surface area contributed by atoms with Gasteiger partial charge in [-0.25, -0.2) is 0 Å². The van der Waals surface area contributed by atoms with Crippen molar-refractivity contribution in [3.8, 4) is 17.2 Å². The molecule has 3 aromatic rings. The molecule has 1 aliphatic heterocycles. The highest BCUT2D eigenvalue weighted by Crippen LogP contribution is 2.33. The standard InChI is InChI=1S/C22H24N2O5/c1-23-18-6-5-17(27-3)11-16(18)12-19(23)22(25)24(8-9-26-2)13-15-4-7-20-21(10-15)29-14-28-20/h4-7,10-12H,8-9,13-14H2,1-3H3. The van der Waals surface area contributed by atoms with Gasteiger partial charge in [0.15, 0.2) is 11.5 Å². The summed E-state index contributed by atoms with van der Waals surface area (Å²) in [4.78, 5) is 15.2. The quantitative estimate of drug-likeness (QED) is 0.614. The van der Waals surface area contributed by atoms with Crippen molar-refractivity contribution in [1.82, 2.24) is 9.47 Å². The number of hydrogen-bond acceptors (Lipinski definition) is 5. The largest absolute Gasteiger partial charge is 0.497 e. The lowest BCUT2D eigenvalue weighted by Crippen LogP contribution is -2.34. The number of carbonyl (C=O) groups is 1. The summed E-state index contributed by atoms with van der Waals surface area (Å²) in [5.41, 5.74) is 2.56. The highest BCUT2D eigenvalue weighted by Gasteiger charge is 2.22. The van der Waals surface area contributed by atoms with Crippen molar-refractivity contribution >= 4 is 16.8 Å². The summed E-state index contributed by atoms with van der Waals surface area (Å²) in [6.45, 7) is 1.61. The fraction of sp³-hybridized carbons (Fsp3) is 0.318. The molecule has 2 aromatic carbocycles. The average molecular weight is 396 g/mol. The van der Waals surface area contributed by atoms with Crippen LogP contribution in [0.15, 0.2) is 42.5 Å². The predicted octanol–water partition coefficient (Wildman–Crippen LogP) is 3.20. The zero-order valence-electron chi connectivity index (χ0n) is 16.8. The van der Waals surface area contributed by atoms with Crippen LogP contribution in [0.1, 0.15) is 16.1 Å². The normalized spacial score (nSPS) is 12.4. The molecule has 7 nitrogen and oxygen atoms in total. The third-order valence-electron chi connectivity index (χ3n) is 5.13. The van der Waals surface area contributed by atoms with Crippen molar-refractivity contribution in [3.05, 3.63) is 53.7 Å². The lowest BCUT2D eigenvalue weighted by molar-refractivity contribution is 0.0671. The van der Waals surface area contributed by atoms with E-state index in [1.807, 2.05) is 54.1 Å². The molecule has 0 spiro atoms. The molecule has 1 amide bonds. The van der Waals surface area contributed by atoms with Gasteiger partial charge in [-0.1, -0.05) is 6.07 Å². The Hall–Kier alpha value is -3.19. The van der Waals surface area contributed by atoms with Crippen LogP contribution >= 0.6 is 0 Å². The Kier molecular flexibility index (Phi) is 5.31. The van der Waals surface area contributed by atoms with Gasteiger partial charge < -0.3 is 28.4 Å². The SMILES string of the molecule is COCCN(Cc1ccc2c(c1)OCO2)C(=O)c1cc2cc(OC)ccc2n1C. The van der Waals surface area contributed by atoms with Crippen molar-refractivity contribution < 1.29 is 23.7 Å². The Bertz CT molecular complexity index is 1040. The van der Waals surface area contributed by atoms with Gasteiger partial charge >= 0.3 is 0 Å². The van der Waals surface area contributed by atoms with Crippen molar-refractivity contribution in [1.29, 1.82) is 0 Å². The van der Waals surface area contributed by atoms with E-state index < -0.39 is 0 Å². The molecule has 0 saturated heterocycles. The number of benzene rings is 2. The highest BCUT2D eigenvalue weighted by atomic mass is 16.7. The second-order valence-corrected chi connectivity index (χ2v) is 6.92. The zero-order chi connectivity index (χ0) is 20.4. The summed E-state index contributed by atoms with van der Waals surface area (Å²) >= 11 is 0. The van der Waals surface area contributed by atoms with E-state index in [9.17, 15) is 4.79 Å². The van der Waals surface area contributed by atoms with Crippen LogP contribution in [0.5, 0.6) is 17.2 Å². The van der Waals surface area contributed by atoms with Gasteiger partial charge in [-0.15, -0.1) is 0 Å². The second-order valence-electron chi connectivity index (χ2n) is 6.92. The van der Waals surface area contributed by atoms with E-state index in [0.29, 0.717) is 31.1 Å². The fourth-order valence-electron chi connectivity index (χ4n) is 3.54. The number of ether oxygens (including phenoxy) is 4. The summed E-state index contributed by atoms with van der Waals surface area (Å²) in [6.07, 6.45) is 0. The van der Waals surface area contributed by atoms with Crippen LogP contribution in [-0.2, 0) is 18.3 Å². The van der Waals surface area contributed by atoms with Crippen LogP contribution in [0.25, 0.3) is 10.9 Å². The number of hydrogen-bond donors (Lipinski definition) is 0. The molecule has 0 atom stereocenters. The Labute approximate surface area is 169 Å². The van der Waals surface area contributed by atoms with Gasteiger partial charge in [0.05, 0.1) is 13.7 Å². The Morgan fingerprint density at radius 3 is 2.72 bits per heavy atom. The number of nitrogens with zero attached hydrogens (tertiary/aromatic N) is 2. The van der Waals surface area contributed by atoms with Crippen LogP contribution in [-0.4, -0.2) is 49.5 Å². The first-order chi connectivity index (χ1) is 14.1. The Balaban J connectivity index is 1.63. The molecule has 0 bridgehead atoms. The zero-order valence-corrected chi connectivity index (χ0v) is 16.8. The number of aromatic nitrogens is 1. The topological polar surface area (TPSA) is 62.2 Å². The Morgan fingerprint density at radius 1 is 1.10 bits per heavy atom. The first-order valence-corrected chi connectivity index (χ1v) is 9.41. The molecular weight excluding hydrogens is 372 g/mol. The fourth-order valence-corrected chi connectivity index (χ4v) is 3.54. The Morgan fingerprint density at radius 2 is 1.93 bits per heavy atom. The highest BCUT2D eigenvalue weighted by molar-refractivity contribution is 5.99. The van der Waals surface area contributed by atoms with E-state index in [1.54, 1.807) is 19.1 Å². The molecule has 0 aliphatic carbocycles. The summed E-state index contributed by atoms with van der Waals surface area (Å²) < 4.78 is 23.3. The van der Waals surface area contributed by atoms with E-state index in [4.69, 9.17) is 18.9 Å². The average Bonchev–Trinajstić information content (AvgIpc) is 3.34. The first-order valence-electron chi connectivity index (χ1n) is 9.41. The first kappa shape index (κ1) is 19.1. The van der Waals surface area contributed by atoms with E-state index in [2.05, 4.69) is 0 Å². The molecule has 4 rings (SSSR count). The van der Waals surface area contributed by atoms with Gasteiger partial charge in [0.2, 0.25) is 6.79 Å². The summed E-state index contributed by atoms with van der Waals surface area (Å²) in [5, 5.41) is 0.963. The van der Waals surface area contributed by atoms with E-state index >= 15 is 0 Å². The lowest BCUT2D eigenvalue weighted by Gasteiger charge is -2.23. The van der Waals surface area contributed by atoms with Gasteiger partial charge in [0.25, 0.3) is 5.91 Å². The predicted molar refractivity (Wildman–Crippen MR) is 109 cm³/mol. The van der Waals surface area contributed by atoms with Gasteiger partial charge in [-0.05, 0) is 42.0 Å². The van der Waals surface area contributed by atoms with Crippen LogP contribution in [0.2, 0.25) is 0 Å². The summed E-state index contributed by atoms with van der Waals surface area (Å²) in [5.74, 6) is 2.14. The van der Waals surface area contributed by atoms with Gasteiger partial charge in [0.1, 0.15) is 11.4 Å². The molecule has 152 valence electrons. The number of rotatable bonds is 7. The number of amides is 1. The molecule has 1 aliphatic rings. The van der Waals surface area contributed by atoms with Gasteiger partial charge in [-0.2, -0.15) is 0 Å².